The smallest absolute Gasteiger partial charge is 0.355 e. The van der Waals surface area contributed by atoms with Crippen LogP contribution in [0.3, 0.4) is 0 Å². The van der Waals surface area contributed by atoms with E-state index in [0.29, 0.717) is 6.54 Å². The summed E-state index contributed by atoms with van der Waals surface area (Å²) in [5.74, 6) is -1.21. The minimum absolute atomic E-state index is 0.0473. The minimum Gasteiger partial charge on any atom is -0.355 e. The van der Waals surface area contributed by atoms with Gasteiger partial charge in [0.2, 0.25) is 11.7 Å². The Balaban J connectivity index is 1.92. The Morgan fingerprint density at radius 3 is 2.44 bits per heavy atom. The number of rotatable bonds is 6. The molecule has 0 fully saturated rings. The second kappa shape index (κ2) is 7.90. The maximum Gasteiger partial charge on any atom is 0.451 e. The fraction of sp³-hybridized carbons (Fsp3) is 0.438. The molecular weight excluding hydrogens is 353 g/mol. The molecule has 1 heterocycles. The molecule has 136 valence electrons. The van der Waals surface area contributed by atoms with Gasteiger partial charge in [0.05, 0.1) is 5.25 Å². The molecule has 9 heteroatoms. The highest BCUT2D eigenvalue weighted by molar-refractivity contribution is 8.00. The first-order chi connectivity index (χ1) is 11.7. The van der Waals surface area contributed by atoms with E-state index in [0.717, 1.165) is 21.9 Å². The second-order valence-corrected chi connectivity index (χ2v) is 6.99. The standard InChI is InChI=1S/C16H19F3N4OS/c1-10(12-7-5-4-6-8-12)9-20-13(24)11(2)25-15-22-21-14(23(15)3)16(17,18)19/h4-8,10-11H,9H2,1-3H3,(H,20,24)/t10-,11+/m1/s1. The summed E-state index contributed by atoms with van der Waals surface area (Å²) in [5, 5.41) is 8.95. The van der Waals surface area contributed by atoms with E-state index in [1.54, 1.807) is 6.92 Å². The fourth-order valence-corrected chi connectivity index (χ4v) is 3.01. The molecule has 2 atom stereocenters. The zero-order chi connectivity index (χ0) is 18.6. The molecular formula is C16H19F3N4OS. The highest BCUT2D eigenvalue weighted by atomic mass is 32.2. The largest absolute Gasteiger partial charge is 0.451 e. The molecule has 0 saturated heterocycles. The lowest BCUT2D eigenvalue weighted by molar-refractivity contribution is -0.147. The van der Waals surface area contributed by atoms with Crippen molar-refractivity contribution in [3.8, 4) is 0 Å². The highest BCUT2D eigenvalue weighted by Gasteiger charge is 2.37. The van der Waals surface area contributed by atoms with E-state index in [-0.39, 0.29) is 17.0 Å². The third-order valence-corrected chi connectivity index (χ3v) is 4.82. The predicted octanol–water partition coefficient (Wildman–Crippen LogP) is 3.23. The molecule has 0 saturated carbocycles. The van der Waals surface area contributed by atoms with E-state index < -0.39 is 17.3 Å². The number of nitrogens with zero attached hydrogens (tertiary/aromatic N) is 3. The van der Waals surface area contributed by atoms with Crippen molar-refractivity contribution in [2.75, 3.05) is 6.54 Å². The molecule has 0 spiro atoms. The molecule has 0 aliphatic carbocycles. The third kappa shape index (κ3) is 4.97. The molecule has 0 aliphatic heterocycles. The van der Waals surface area contributed by atoms with Crippen LogP contribution in [0, 0.1) is 0 Å². The summed E-state index contributed by atoms with van der Waals surface area (Å²) in [5.41, 5.74) is 1.10. The SMILES string of the molecule is C[C@H](Sc1nnc(C(F)(F)F)n1C)C(=O)NC[C@@H](C)c1ccccc1. The number of aromatic nitrogens is 3. The van der Waals surface area contributed by atoms with Gasteiger partial charge in [-0.2, -0.15) is 13.2 Å². The van der Waals surface area contributed by atoms with Gasteiger partial charge in [0, 0.05) is 13.6 Å². The lowest BCUT2D eigenvalue weighted by Crippen LogP contribution is -2.33. The zero-order valence-corrected chi connectivity index (χ0v) is 14.9. The highest BCUT2D eigenvalue weighted by Crippen LogP contribution is 2.30. The van der Waals surface area contributed by atoms with E-state index in [1.807, 2.05) is 37.3 Å². The molecule has 25 heavy (non-hydrogen) atoms. The quantitative estimate of drug-likeness (QED) is 0.791. The van der Waals surface area contributed by atoms with E-state index in [2.05, 4.69) is 15.5 Å². The molecule has 5 nitrogen and oxygen atoms in total. The van der Waals surface area contributed by atoms with Crippen LogP contribution in [-0.2, 0) is 18.0 Å². The first-order valence-electron chi connectivity index (χ1n) is 7.66. The van der Waals surface area contributed by atoms with Gasteiger partial charge in [0.1, 0.15) is 0 Å². The summed E-state index contributed by atoms with van der Waals surface area (Å²) in [6.45, 7) is 4.06. The van der Waals surface area contributed by atoms with Crippen LogP contribution in [0.5, 0.6) is 0 Å². The number of hydrogen-bond acceptors (Lipinski definition) is 4. The first-order valence-corrected chi connectivity index (χ1v) is 8.54. The Bertz CT molecular complexity index is 718. The van der Waals surface area contributed by atoms with E-state index >= 15 is 0 Å². The molecule has 0 radical (unpaired) electrons. The Morgan fingerprint density at radius 1 is 1.24 bits per heavy atom. The Morgan fingerprint density at radius 2 is 1.88 bits per heavy atom. The van der Waals surface area contributed by atoms with Gasteiger partial charge in [0.25, 0.3) is 0 Å². The van der Waals surface area contributed by atoms with Crippen LogP contribution < -0.4 is 5.32 Å². The molecule has 2 rings (SSSR count). The third-order valence-electron chi connectivity index (χ3n) is 3.69. The van der Waals surface area contributed by atoms with Gasteiger partial charge in [-0.25, -0.2) is 0 Å². The van der Waals surface area contributed by atoms with Crippen LogP contribution in [0.25, 0.3) is 0 Å². The van der Waals surface area contributed by atoms with Gasteiger partial charge in [-0.05, 0) is 18.4 Å². The summed E-state index contributed by atoms with van der Waals surface area (Å²) < 4.78 is 39.0. The molecule has 1 aromatic carbocycles. The number of alkyl halides is 3. The maximum atomic E-state index is 12.7. The van der Waals surface area contributed by atoms with Crippen LogP contribution in [-0.4, -0.2) is 32.5 Å². The van der Waals surface area contributed by atoms with Crippen LogP contribution in [0.2, 0.25) is 0 Å². The van der Waals surface area contributed by atoms with Crippen LogP contribution in [0.15, 0.2) is 35.5 Å². The van der Waals surface area contributed by atoms with Crippen molar-refractivity contribution in [2.24, 2.45) is 7.05 Å². The molecule has 2 aromatic rings. The van der Waals surface area contributed by atoms with E-state index in [4.69, 9.17) is 0 Å². The van der Waals surface area contributed by atoms with Gasteiger partial charge in [-0.15, -0.1) is 10.2 Å². The zero-order valence-electron chi connectivity index (χ0n) is 14.0. The Kier molecular flexibility index (Phi) is 6.10. The summed E-state index contributed by atoms with van der Waals surface area (Å²) in [6, 6.07) is 9.74. The van der Waals surface area contributed by atoms with E-state index in [9.17, 15) is 18.0 Å². The second-order valence-electron chi connectivity index (χ2n) is 5.68. The van der Waals surface area contributed by atoms with Gasteiger partial charge in [-0.3, -0.25) is 4.79 Å². The molecule has 1 N–H and O–H groups in total. The molecule has 1 aromatic heterocycles. The fourth-order valence-electron chi connectivity index (χ4n) is 2.17. The van der Waals surface area contributed by atoms with Crippen molar-refractivity contribution in [2.45, 2.75) is 36.3 Å². The van der Waals surface area contributed by atoms with Crippen LogP contribution in [0.4, 0.5) is 13.2 Å². The number of amides is 1. The van der Waals surface area contributed by atoms with Crippen molar-refractivity contribution in [1.82, 2.24) is 20.1 Å². The number of thioether (sulfide) groups is 1. The van der Waals surface area contributed by atoms with Gasteiger partial charge in [0.15, 0.2) is 5.16 Å². The Labute approximate surface area is 148 Å². The summed E-state index contributed by atoms with van der Waals surface area (Å²) in [4.78, 5) is 12.2. The number of benzene rings is 1. The van der Waals surface area contributed by atoms with Gasteiger partial charge >= 0.3 is 6.18 Å². The predicted molar refractivity (Wildman–Crippen MR) is 89.2 cm³/mol. The van der Waals surface area contributed by atoms with Crippen LogP contribution in [0.1, 0.15) is 31.2 Å². The summed E-state index contributed by atoms with van der Waals surface area (Å²) in [7, 11) is 1.23. The number of nitrogens with one attached hydrogen (secondary N) is 1. The monoisotopic (exact) mass is 372 g/mol. The van der Waals surface area contributed by atoms with Crippen molar-refractivity contribution < 1.29 is 18.0 Å². The van der Waals surface area contributed by atoms with Crippen molar-refractivity contribution >= 4 is 17.7 Å². The molecule has 1 amide bonds. The number of carbonyl (C=O) groups is 1. The number of carbonyl (C=O) groups excluding carboxylic acids is 1. The van der Waals surface area contributed by atoms with Crippen molar-refractivity contribution in [3.05, 3.63) is 41.7 Å². The topological polar surface area (TPSA) is 59.8 Å². The average molecular weight is 372 g/mol. The first kappa shape index (κ1) is 19.3. The lowest BCUT2D eigenvalue weighted by atomic mass is 10.0. The number of halogens is 3. The molecule has 0 aliphatic rings. The van der Waals surface area contributed by atoms with Gasteiger partial charge in [-0.1, -0.05) is 49.0 Å². The molecule has 0 bridgehead atoms. The Hall–Kier alpha value is -2.03. The van der Waals surface area contributed by atoms with Crippen molar-refractivity contribution in [3.63, 3.8) is 0 Å². The van der Waals surface area contributed by atoms with E-state index in [1.165, 1.54) is 7.05 Å². The average Bonchev–Trinajstić information content (AvgIpc) is 2.94. The summed E-state index contributed by atoms with van der Waals surface area (Å²) in [6.07, 6.45) is -4.57. The number of hydrogen-bond donors (Lipinski definition) is 1. The van der Waals surface area contributed by atoms with Gasteiger partial charge < -0.3 is 9.88 Å². The molecule has 0 unspecified atom stereocenters. The summed E-state index contributed by atoms with van der Waals surface area (Å²) >= 11 is 0.940. The maximum absolute atomic E-state index is 12.7. The normalized spacial score (nSPS) is 14.2. The lowest BCUT2D eigenvalue weighted by Gasteiger charge is -2.16. The van der Waals surface area contributed by atoms with Crippen molar-refractivity contribution in [1.29, 1.82) is 0 Å². The minimum atomic E-state index is -4.57. The van der Waals surface area contributed by atoms with Crippen LogP contribution >= 0.6 is 11.8 Å².